The molecule has 1 aliphatic heterocycles. The number of benzene rings is 1. The van der Waals surface area contributed by atoms with Crippen molar-refractivity contribution in [3.63, 3.8) is 0 Å². The van der Waals surface area contributed by atoms with Crippen LogP contribution in [0.1, 0.15) is 12.8 Å². The molecule has 0 N–H and O–H groups in total. The Balaban J connectivity index is 1.42. The number of piperidine rings is 1. The number of ether oxygens (including phenoxy) is 1. The van der Waals surface area contributed by atoms with E-state index in [0.717, 1.165) is 25.7 Å². The first-order chi connectivity index (χ1) is 14.5. The molecule has 0 aliphatic carbocycles. The van der Waals surface area contributed by atoms with Crippen LogP contribution in [0.4, 0.5) is 4.39 Å². The van der Waals surface area contributed by atoms with E-state index in [1.54, 1.807) is 17.0 Å². The molecule has 2 aromatic heterocycles. The van der Waals surface area contributed by atoms with Crippen LogP contribution in [0.5, 0.6) is 0 Å². The molecule has 9 heteroatoms. The zero-order valence-electron chi connectivity index (χ0n) is 16.3. The lowest BCUT2D eigenvalue weighted by Crippen LogP contribution is -2.41. The number of thioether (sulfide) groups is 1. The van der Waals surface area contributed by atoms with Crippen LogP contribution in [0.3, 0.4) is 0 Å². The second kappa shape index (κ2) is 9.09. The van der Waals surface area contributed by atoms with Crippen molar-refractivity contribution in [2.45, 2.75) is 17.9 Å². The van der Waals surface area contributed by atoms with E-state index in [4.69, 9.17) is 4.74 Å². The zero-order valence-corrected chi connectivity index (χ0v) is 18.0. The number of thiophene rings is 1. The highest BCUT2D eigenvalue weighted by atomic mass is 32.2. The molecule has 1 saturated heterocycles. The molecule has 6 nitrogen and oxygen atoms in total. The number of carbonyl (C=O) groups excluding carboxylic acids is 2. The lowest BCUT2D eigenvalue weighted by Gasteiger charge is -2.30. The molecule has 0 saturated carbocycles. The maximum atomic E-state index is 13.2. The van der Waals surface area contributed by atoms with Crippen molar-refractivity contribution < 1.29 is 18.7 Å². The summed E-state index contributed by atoms with van der Waals surface area (Å²) in [7, 11) is 1.39. The van der Waals surface area contributed by atoms with Gasteiger partial charge in [-0.15, -0.1) is 11.3 Å². The van der Waals surface area contributed by atoms with Gasteiger partial charge < -0.3 is 9.64 Å². The quantitative estimate of drug-likeness (QED) is 0.336. The Bertz CT molecular complexity index is 1060. The van der Waals surface area contributed by atoms with Crippen molar-refractivity contribution in [3.05, 3.63) is 42.5 Å². The molecular weight excluding hydrogens is 425 g/mol. The normalized spacial score (nSPS) is 14.8. The Hall–Kier alpha value is -2.52. The standard InChI is InChI=1S/C21H20FN3O3S2/c1-28-21(27)14-6-8-25(9-7-14)18(26)11-29-20-19-16(23-12-24-20)10-17(30-19)13-2-4-15(22)5-3-13/h2-5,10,12,14H,6-9,11H2,1H3. The van der Waals surface area contributed by atoms with Crippen molar-refractivity contribution in [2.24, 2.45) is 5.92 Å². The minimum atomic E-state index is -0.273. The zero-order chi connectivity index (χ0) is 21.1. The largest absolute Gasteiger partial charge is 0.469 e. The maximum absolute atomic E-state index is 13.2. The fraction of sp³-hybridized carbons (Fsp3) is 0.333. The van der Waals surface area contributed by atoms with E-state index >= 15 is 0 Å². The van der Waals surface area contributed by atoms with Gasteiger partial charge in [-0.3, -0.25) is 9.59 Å². The molecule has 0 radical (unpaired) electrons. The Morgan fingerprint density at radius 2 is 1.97 bits per heavy atom. The molecule has 1 amide bonds. The predicted molar refractivity (Wildman–Crippen MR) is 115 cm³/mol. The van der Waals surface area contributed by atoms with Gasteiger partial charge in [0.05, 0.1) is 29.0 Å². The molecule has 4 rings (SSSR count). The number of rotatable bonds is 5. The van der Waals surface area contributed by atoms with Crippen LogP contribution in [-0.4, -0.2) is 52.7 Å². The van der Waals surface area contributed by atoms with Crippen molar-refractivity contribution in [3.8, 4) is 10.4 Å². The van der Waals surface area contributed by atoms with Gasteiger partial charge in [-0.05, 0) is 36.6 Å². The molecule has 0 spiro atoms. The average Bonchev–Trinajstić information content (AvgIpc) is 3.22. The molecule has 3 heterocycles. The number of fused-ring (bicyclic) bond motifs is 1. The first-order valence-electron chi connectivity index (χ1n) is 9.54. The van der Waals surface area contributed by atoms with Gasteiger partial charge in [0, 0.05) is 18.0 Å². The average molecular weight is 446 g/mol. The lowest BCUT2D eigenvalue weighted by molar-refractivity contribution is -0.148. The number of methoxy groups -OCH3 is 1. The van der Waals surface area contributed by atoms with Crippen molar-refractivity contribution in [1.29, 1.82) is 0 Å². The van der Waals surface area contributed by atoms with Crippen molar-refractivity contribution >= 4 is 45.2 Å². The summed E-state index contributed by atoms with van der Waals surface area (Å²) in [5, 5.41) is 0.760. The van der Waals surface area contributed by atoms with Crippen molar-refractivity contribution in [2.75, 3.05) is 26.0 Å². The number of nitrogens with zero attached hydrogens (tertiary/aromatic N) is 3. The highest BCUT2D eigenvalue weighted by Gasteiger charge is 2.28. The minimum Gasteiger partial charge on any atom is -0.469 e. The molecule has 3 aromatic rings. The first kappa shape index (κ1) is 20.7. The van der Waals surface area contributed by atoms with E-state index in [0.29, 0.717) is 25.9 Å². The number of carbonyl (C=O) groups is 2. The summed E-state index contributed by atoms with van der Waals surface area (Å²) in [5.74, 6) is -0.284. The number of likely N-dealkylation sites (tertiary alicyclic amines) is 1. The third-order valence-electron chi connectivity index (χ3n) is 5.12. The highest BCUT2D eigenvalue weighted by molar-refractivity contribution is 8.00. The molecule has 1 aromatic carbocycles. The molecular formula is C21H20FN3O3S2. The van der Waals surface area contributed by atoms with Gasteiger partial charge in [0.2, 0.25) is 5.91 Å². The number of hydrogen-bond donors (Lipinski definition) is 0. The van der Waals surface area contributed by atoms with Gasteiger partial charge in [0.1, 0.15) is 17.2 Å². The van der Waals surface area contributed by atoms with E-state index in [1.807, 2.05) is 6.07 Å². The summed E-state index contributed by atoms with van der Waals surface area (Å²) in [6.07, 6.45) is 2.76. The summed E-state index contributed by atoms with van der Waals surface area (Å²) in [5.41, 5.74) is 1.73. The highest BCUT2D eigenvalue weighted by Crippen LogP contribution is 2.37. The van der Waals surface area contributed by atoms with E-state index in [-0.39, 0.29) is 29.4 Å². The SMILES string of the molecule is COC(=O)C1CCN(C(=O)CSc2ncnc3cc(-c4ccc(F)cc4)sc23)CC1. The Morgan fingerprint density at radius 1 is 1.23 bits per heavy atom. The van der Waals surface area contributed by atoms with Crippen LogP contribution in [0.15, 0.2) is 41.7 Å². The van der Waals surface area contributed by atoms with Gasteiger partial charge in [0.25, 0.3) is 0 Å². The number of esters is 1. The van der Waals surface area contributed by atoms with Crippen molar-refractivity contribution in [1.82, 2.24) is 14.9 Å². The van der Waals surface area contributed by atoms with E-state index < -0.39 is 0 Å². The summed E-state index contributed by atoms with van der Waals surface area (Å²) >= 11 is 2.92. The monoisotopic (exact) mass is 445 g/mol. The molecule has 0 unspecified atom stereocenters. The van der Waals surface area contributed by atoms with Gasteiger partial charge in [-0.1, -0.05) is 23.9 Å². The fourth-order valence-electron chi connectivity index (χ4n) is 3.44. The van der Waals surface area contributed by atoms with Crippen LogP contribution < -0.4 is 0 Å². The second-order valence-electron chi connectivity index (χ2n) is 6.98. The summed E-state index contributed by atoms with van der Waals surface area (Å²) in [6.45, 7) is 1.12. The van der Waals surface area contributed by atoms with Gasteiger partial charge in [0.15, 0.2) is 0 Å². The number of hydrogen-bond acceptors (Lipinski definition) is 7. The molecule has 156 valence electrons. The number of aromatic nitrogens is 2. The molecule has 1 fully saturated rings. The van der Waals surface area contributed by atoms with E-state index in [9.17, 15) is 14.0 Å². The van der Waals surface area contributed by atoms with Crippen LogP contribution in [0.2, 0.25) is 0 Å². The third kappa shape index (κ3) is 4.46. The Kier molecular flexibility index (Phi) is 6.29. The smallest absolute Gasteiger partial charge is 0.308 e. The summed E-state index contributed by atoms with van der Waals surface area (Å²) in [4.78, 5) is 35.7. The molecule has 1 aliphatic rings. The third-order valence-corrected chi connectivity index (χ3v) is 7.41. The van der Waals surface area contributed by atoms with E-state index in [1.165, 1.54) is 48.7 Å². The minimum absolute atomic E-state index is 0.0328. The topological polar surface area (TPSA) is 72.4 Å². The number of halogens is 1. The Morgan fingerprint density at radius 3 is 2.67 bits per heavy atom. The summed E-state index contributed by atoms with van der Waals surface area (Å²) < 4.78 is 18.9. The van der Waals surface area contributed by atoms with Gasteiger partial charge >= 0.3 is 5.97 Å². The van der Waals surface area contributed by atoms with Crippen LogP contribution in [-0.2, 0) is 14.3 Å². The van der Waals surface area contributed by atoms with Gasteiger partial charge in [-0.25, -0.2) is 14.4 Å². The predicted octanol–water partition coefficient (Wildman–Crippen LogP) is 4.00. The van der Waals surface area contributed by atoms with E-state index in [2.05, 4.69) is 9.97 Å². The molecule has 0 bridgehead atoms. The van der Waals surface area contributed by atoms with Gasteiger partial charge in [-0.2, -0.15) is 0 Å². The second-order valence-corrected chi connectivity index (χ2v) is 8.99. The summed E-state index contributed by atoms with van der Waals surface area (Å²) in [6, 6.07) is 8.30. The lowest BCUT2D eigenvalue weighted by atomic mass is 9.97. The Labute approximate surface area is 181 Å². The fourth-order valence-corrected chi connectivity index (χ4v) is 5.55. The van der Waals surface area contributed by atoms with Crippen LogP contribution in [0.25, 0.3) is 20.7 Å². The molecule has 0 atom stereocenters. The number of amides is 1. The van der Waals surface area contributed by atoms with Crippen LogP contribution in [0, 0.1) is 11.7 Å². The maximum Gasteiger partial charge on any atom is 0.308 e. The molecule has 30 heavy (non-hydrogen) atoms. The first-order valence-corrected chi connectivity index (χ1v) is 11.3. The van der Waals surface area contributed by atoms with Crippen LogP contribution >= 0.6 is 23.1 Å².